The van der Waals surface area contributed by atoms with Crippen LogP contribution in [0, 0.1) is 10.1 Å². The molecule has 0 saturated carbocycles. The molecule has 11 heteroatoms. The molecule has 3 aromatic rings. The predicted molar refractivity (Wildman–Crippen MR) is 171 cm³/mol. The lowest BCUT2D eigenvalue weighted by Gasteiger charge is -2.33. The zero-order chi connectivity index (χ0) is 32.2. The highest BCUT2D eigenvalue weighted by molar-refractivity contribution is 5.88. The van der Waals surface area contributed by atoms with E-state index >= 15 is 0 Å². The number of hydrogen-bond acceptors (Lipinski definition) is 9. The summed E-state index contributed by atoms with van der Waals surface area (Å²) in [5.74, 6) is 1.49. The van der Waals surface area contributed by atoms with Crippen LogP contribution in [0.25, 0.3) is 16.7 Å². The minimum Gasteiger partial charge on any atom is -0.496 e. The molecule has 0 radical (unpaired) electrons. The molecule has 11 nitrogen and oxygen atoms in total. The number of amides is 1. The molecule has 44 heavy (non-hydrogen) atoms. The fourth-order valence-corrected chi connectivity index (χ4v) is 5.22. The molecule has 0 aliphatic carbocycles. The number of nitro benzene ring substituents is 1. The highest BCUT2D eigenvalue weighted by Gasteiger charge is 2.27. The second-order valence-corrected chi connectivity index (χ2v) is 11.5. The summed E-state index contributed by atoms with van der Waals surface area (Å²) in [4.78, 5) is 27.2. The molecule has 0 fully saturated rings. The van der Waals surface area contributed by atoms with E-state index in [4.69, 9.17) is 18.9 Å². The predicted octanol–water partition coefficient (Wildman–Crippen LogP) is 6.46. The third-order valence-corrected chi connectivity index (χ3v) is 7.33. The first-order valence-electron chi connectivity index (χ1n) is 14.2. The Bertz CT molecular complexity index is 1580. The number of carbonyl (C=O) groups excluding carboxylic acids is 1. The van der Waals surface area contributed by atoms with Crippen molar-refractivity contribution < 1.29 is 28.7 Å². The van der Waals surface area contributed by atoms with Crippen molar-refractivity contribution in [2.45, 2.75) is 32.9 Å². The summed E-state index contributed by atoms with van der Waals surface area (Å²) in [5.41, 5.74) is 5.04. The summed E-state index contributed by atoms with van der Waals surface area (Å²) in [5, 5.41) is 15.0. The van der Waals surface area contributed by atoms with E-state index in [0.717, 1.165) is 33.5 Å². The standard InChI is InChI=1S/C33H40N4O7/c1-21-19-33(2,3)34-27-13-12-24(26(31(21)27)20-43-30-17-22(37(39)40)9-14-28(30)41-7)25-11-10-23(18-29(25)42-8)44-32(38)36(6)16-15-35(4)5/h9-14,17-19,34H,15-16,20H2,1-8H3. The van der Waals surface area contributed by atoms with Crippen molar-refractivity contribution in [2.75, 3.05) is 53.8 Å². The van der Waals surface area contributed by atoms with Gasteiger partial charge in [-0.1, -0.05) is 12.1 Å². The first-order chi connectivity index (χ1) is 20.8. The Morgan fingerprint density at radius 2 is 1.64 bits per heavy atom. The van der Waals surface area contributed by atoms with Crippen molar-refractivity contribution in [1.29, 1.82) is 0 Å². The van der Waals surface area contributed by atoms with Gasteiger partial charge >= 0.3 is 6.09 Å². The number of nitro groups is 1. The summed E-state index contributed by atoms with van der Waals surface area (Å²) < 4.78 is 23.1. The maximum atomic E-state index is 12.7. The number of anilines is 1. The smallest absolute Gasteiger partial charge is 0.415 e. The van der Waals surface area contributed by atoms with E-state index in [9.17, 15) is 14.9 Å². The number of ether oxygens (including phenoxy) is 4. The van der Waals surface area contributed by atoms with Crippen LogP contribution in [0.4, 0.5) is 16.2 Å². The largest absolute Gasteiger partial charge is 0.496 e. The third-order valence-electron chi connectivity index (χ3n) is 7.33. The monoisotopic (exact) mass is 604 g/mol. The molecule has 1 amide bonds. The number of nitrogens with one attached hydrogen (secondary N) is 1. The SMILES string of the molecule is COc1ccc([N+](=O)[O-])cc1OCc1c(-c2ccc(OC(=O)N(C)CCN(C)C)cc2OC)ccc2c1C(C)=CC(C)(C)N2. The topological polar surface area (TPSA) is 116 Å². The van der Waals surface area contributed by atoms with Crippen LogP contribution in [0.5, 0.6) is 23.0 Å². The van der Waals surface area contributed by atoms with E-state index in [-0.39, 0.29) is 23.6 Å². The molecule has 0 bridgehead atoms. The fraction of sp³-hybridized carbons (Fsp3) is 0.364. The maximum absolute atomic E-state index is 12.7. The second kappa shape index (κ2) is 13.3. The zero-order valence-corrected chi connectivity index (χ0v) is 26.5. The van der Waals surface area contributed by atoms with Gasteiger partial charge in [0.05, 0.1) is 30.7 Å². The Morgan fingerprint density at radius 1 is 0.932 bits per heavy atom. The van der Waals surface area contributed by atoms with Crippen LogP contribution < -0.4 is 24.3 Å². The maximum Gasteiger partial charge on any atom is 0.415 e. The van der Waals surface area contributed by atoms with E-state index < -0.39 is 11.0 Å². The van der Waals surface area contributed by atoms with Crippen LogP contribution in [0.1, 0.15) is 31.9 Å². The number of likely N-dealkylation sites (N-methyl/N-ethyl adjacent to an activating group) is 2. The molecule has 1 aliphatic heterocycles. The molecule has 0 aromatic heterocycles. The summed E-state index contributed by atoms with van der Waals surface area (Å²) in [6, 6.07) is 13.5. The number of rotatable bonds is 11. The van der Waals surface area contributed by atoms with Gasteiger partial charge in [-0.2, -0.15) is 0 Å². The summed E-state index contributed by atoms with van der Waals surface area (Å²) in [7, 11) is 8.63. The third kappa shape index (κ3) is 7.23. The lowest BCUT2D eigenvalue weighted by atomic mass is 9.85. The van der Waals surface area contributed by atoms with Crippen LogP contribution >= 0.6 is 0 Å². The average Bonchev–Trinajstić information content (AvgIpc) is 2.97. The Balaban J connectivity index is 1.75. The fourth-order valence-electron chi connectivity index (χ4n) is 5.22. The number of benzene rings is 3. The van der Waals surface area contributed by atoms with Gasteiger partial charge in [0, 0.05) is 54.6 Å². The minimum atomic E-state index is -0.472. The molecule has 1 N–H and O–H groups in total. The van der Waals surface area contributed by atoms with Crippen molar-refractivity contribution in [1.82, 2.24) is 9.80 Å². The number of methoxy groups -OCH3 is 2. The number of fused-ring (bicyclic) bond motifs is 1. The number of hydrogen-bond donors (Lipinski definition) is 1. The summed E-state index contributed by atoms with van der Waals surface area (Å²) >= 11 is 0. The molecule has 234 valence electrons. The van der Waals surface area contributed by atoms with Gasteiger partial charge in [0.2, 0.25) is 0 Å². The average molecular weight is 605 g/mol. The number of allylic oxidation sites excluding steroid dienone is 1. The van der Waals surface area contributed by atoms with E-state index in [0.29, 0.717) is 30.3 Å². The molecular weight excluding hydrogens is 564 g/mol. The van der Waals surface area contributed by atoms with E-state index in [1.165, 1.54) is 30.2 Å². The summed E-state index contributed by atoms with van der Waals surface area (Å²) in [6.45, 7) is 7.55. The Kier molecular flexibility index (Phi) is 9.68. The van der Waals surface area contributed by atoms with Crippen LogP contribution in [-0.2, 0) is 6.61 Å². The molecule has 0 saturated heterocycles. The van der Waals surface area contributed by atoms with Crippen molar-refractivity contribution >= 4 is 23.0 Å². The number of non-ortho nitro benzene ring substituents is 1. The van der Waals surface area contributed by atoms with Gasteiger partial charge in [-0.05, 0) is 70.3 Å². The minimum absolute atomic E-state index is 0.0832. The van der Waals surface area contributed by atoms with Crippen molar-refractivity contribution in [2.24, 2.45) is 0 Å². The Morgan fingerprint density at radius 3 is 2.30 bits per heavy atom. The molecular formula is C33H40N4O7. The normalized spacial score (nSPS) is 13.3. The van der Waals surface area contributed by atoms with Gasteiger partial charge < -0.3 is 34.1 Å². The van der Waals surface area contributed by atoms with E-state index in [1.807, 2.05) is 37.2 Å². The number of nitrogens with zero attached hydrogens (tertiary/aromatic N) is 3. The highest BCUT2D eigenvalue weighted by atomic mass is 16.6. The first-order valence-corrected chi connectivity index (χ1v) is 14.2. The van der Waals surface area contributed by atoms with Crippen molar-refractivity contribution in [3.05, 3.63) is 75.8 Å². The first kappa shape index (κ1) is 32.2. The molecule has 1 heterocycles. The Hall–Kier alpha value is -4.77. The van der Waals surface area contributed by atoms with Gasteiger partial charge in [-0.15, -0.1) is 0 Å². The van der Waals surface area contributed by atoms with Gasteiger partial charge in [0.15, 0.2) is 11.5 Å². The zero-order valence-electron chi connectivity index (χ0n) is 26.5. The van der Waals surface area contributed by atoms with Crippen LogP contribution in [0.3, 0.4) is 0 Å². The van der Waals surface area contributed by atoms with Crippen LogP contribution in [0.15, 0.2) is 54.6 Å². The quantitative estimate of drug-likeness (QED) is 0.195. The van der Waals surface area contributed by atoms with E-state index in [2.05, 4.69) is 32.2 Å². The molecule has 3 aromatic carbocycles. The van der Waals surface area contributed by atoms with Crippen LogP contribution in [-0.4, -0.2) is 74.8 Å². The lowest BCUT2D eigenvalue weighted by molar-refractivity contribution is -0.385. The molecule has 0 unspecified atom stereocenters. The van der Waals surface area contributed by atoms with Crippen molar-refractivity contribution in [3.63, 3.8) is 0 Å². The van der Waals surface area contributed by atoms with Crippen LogP contribution in [0.2, 0.25) is 0 Å². The second-order valence-electron chi connectivity index (χ2n) is 11.5. The van der Waals surface area contributed by atoms with Gasteiger partial charge in [0.1, 0.15) is 18.1 Å². The summed E-state index contributed by atoms with van der Waals surface area (Å²) in [6.07, 6.45) is 1.69. The van der Waals surface area contributed by atoms with Gasteiger partial charge in [-0.25, -0.2) is 4.79 Å². The van der Waals surface area contributed by atoms with Crippen molar-refractivity contribution in [3.8, 4) is 34.1 Å². The number of carbonyl (C=O) groups is 1. The Labute approximate surface area is 258 Å². The van der Waals surface area contributed by atoms with E-state index in [1.54, 1.807) is 26.3 Å². The molecule has 1 aliphatic rings. The lowest BCUT2D eigenvalue weighted by Crippen LogP contribution is -2.35. The molecule has 4 rings (SSSR count). The van der Waals surface area contributed by atoms with Gasteiger partial charge in [-0.3, -0.25) is 10.1 Å². The highest BCUT2D eigenvalue weighted by Crippen LogP contribution is 2.44. The molecule has 0 atom stereocenters. The molecule has 0 spiro atoms. The van der Waals surface area contributed by atoms with Gasteiger partial charge in [0.25, 0.3) is 5.69 Å².